The number of alkyl halides is 2. The Morgan fingerprint density at radius 3 is 2.39 bits per heavy atom. The zero-order chi connectivity index (χ0) is 13.1. The van der Waals surface area contributed by atoms with Crippen LogP contribution in [-0.4, -0.2) is 10.8 Å². The largest absolute Gasteiger partial charge is 0.398 e. The van der Waals surface area contributed by atoms with Crippen LogP contribution in [0.2, 0.25) is 0 Å². The average Bonchev–Trinajstić information content (AvgIpc) is 2.38. The van der Waals surface area contributed by atoms with Gasteiger partial charge >= 0.3 is 0 Å². The smallest absolute Gasteiger partial charge is 0.263 e. The van der Waals surface area contributed by atoms with Gasteiger partial charge in [0.05, 0.1) is 0 Å². The Bertz CT molecular complexity index is 570. The van der Waals surface area contributed by atoms with Crippen LogP contribution in [-0.2, 0) is 0 Å². The highest BCUT2D eigenvalue weighted by atomic mass is 19.3. The van der Waals surface area contributed by atoms with Crippen molar-refractivity contribution in [3.63, 3.8) is 0 Å². The quantitative estimate of drug-likeness (QED) is 0.671. The van der Waals surface area contributed by atoms with Gasteiger partial charge in [-0.05, 0) is 24.3 Å². The van der Waals surface area contributed by atoms with Gasteiger partial charge in [0, 0.05) is 34.8 Å². The number of nitrogens with two attached hydrogens (primary N) is 1. The molecular weight excluding hydrogens is 238 g/mol. The number of halogens is 2. The summed E-state index contributed by atoms with van der Waals surface area (Å²) in [5, 5.41) is 0. The van der Waals surface area contributed by atoms with Crippen molar-refractivity contribution in [2.24, 2.45) is 0 Å². The van der Waals surface area contributed by atoms with E-state index in [1.807, 2.05) is 0 Å². The molecule has 2 N–H and O–H groups in total. The van der Waals surface area contributed by atoms with Crippen molar-refractivity contribution in [1.82, 2.24) is 4.98 Å². The number of nitrogens with zero attached hydrogens (tertiary/aromatic N) is 1. The number of rotatable bonds is 3. The molecule has 0 saturated carbocycles. The number of nitrogen functional groups attached to an aromatic ring is 1. The van der Waals surface area contributed by atoms with Crippen LogP contribution in [0.15, 0.2) is 42.7 Å². The third-order valence-electron chi connectivity index (χ3n) is 2.51. The van der Waals surface area contributed by atoms with Crippen LogP contribution in [0.4, 0.5) is 14.5 Å². The minimum atomic E-state index is -2.60. The van der Waals surface area contributed by atoms with Crippen molar-refractivity contribution >= 4 is 11.5 Å². The molecule has 1 heterocycles. The Kier molecular flexibility index (Phi) is 3.32. The molecule has 0 spiro atoms. The number of benzene rings is 1. The zero-order valence-corrected chi connectivity index (χ0v) is 9.31. The molecule has 2 aromatic rings. The number of anilines is 1. The van der Waals surface area contributed by atoms with Crippen molar-refractivity contribution in [3.8, 4) is 0 Å². The molecule has 1 aromatic heterocycles. The van der Waals surface area contributed by atoms with Crippen LogP contribution in [0.25, 0.3) is 0 Å². The van der Waals surface area contributed by atoms with E-state index in [-0.39, 0.29) is 22.6 Å². The van der Waals surface area contributed by atoms with Gasteiger partial charge < -0.3 is 5.73 Å². The monoisotopic (exact) mass is 248 g/mol. The van der Waals surface area contributed by atoms with Gasteiger partial charge in [0.15, 0.2) is 5.78 Å². The lowest BCUT2D eigenvalue weighted by atomic mass is 10.0. The van der Waals surface area contributed by atoms with Crippen molar-refractivity contribution in [3.05, 3.63) is 59.4 Å². The SMILES string of the molecule is Nc1cc(C(F)F)ccc1C(=O)c1ccncc1. The summed E-state index contributed by atoms with van der Waals surface area (Å²) in [6.45, 7) is 0. The van der Waals surface area contributed by atoms with Gasteiger partial charge in [-0.2, -0.15) is 0 Å². The van der Waals surface area contributed by atoms with E-state index >= 15 is 0 Å². The van der Waals surface area contributed by atoms with Crippen molar-refractivity contribution in [2.45, 2.75) is 6.43 Å². The second-order valence-corrected chi connectivity index (χ2v) is 3.71. The Morgan fingerprint density at radius 2 is 1.83 bits per heavy atom. The highest BCUT2D eigenvalue weighted by Crippen LogP contribution is 2.24. The summed E-state index contributed by atoms with van der Waals surface area (Å²) >= 11 is 0. The van der Waals surface area contributed by atoms with Crippen molar-refractivity contribution in [2.75, 3.05) is 5.73 Å². The molecule has 92 valence electrons. The van der Waals surface area contributed by atoms with Crippen LogP contribution in [0, 0.1) is 0 Å². The van der Waals surface area contributed by atoms with Crippen molar-refractivity contribution < 1.29 is 13.6 Å². The van der Waals surface area contributed by atoms with Gasteiger partial charge in [-0.1, -0.05) is 6.07 Å². The molecule has 0 aliphatic rings. The predicted octanol–water partition coefficient (Wildman–Crippen LogP) is 2.83. The number of aromatic nitrogens is 1. The predicted molar refractivity (Wildman–Crippen MR) is 63.5 cm³/mol. The molecule has 0 radical (unpaired) electrons. The molecule has 5 heteroatoms. The fourth-order valence-corrected chi connectivity index (χ4v) is 1.58. The normalized spacial score (nSPS) is 10.6. The van der Waals surface area contributed by atoms with Crippen LogP contribution >= 0.6 is 0 Å². The van der Waals surface area contributed by atoms with Gasteiger partial charge in [-0.3, -0.25) is 9.78 Å². The number of ketones is 1. The van der Waals surface area contributed by atoms with Gasteiger partial charge in [0.1, 0.15) is 0 Å². The van der Waals surface area contributed by atoms with E-state index in [1.54, 1.807) is 12.1 Å². The van der Waals surface area contributed by atoms with Gasteiger partial charge in [-0.15, -0.1) is 0 Å². The molecule has 2 rings (SSSR count). The second-order valence-electron chi connectivity index (χ2n) is 3.71. The number of pyridine rings is 1. The van der Waals surface area contributed by atoms with Crippen LogP contribution in [0.5, 0.6) is 0 Å². The molecule has 1 aromatic carbocycles. The third kappa shape index (κ3) is 2.34. The fourth-order valence-electron chi connectivity index (χ4n) is 1.58. The molecule has 0 saturated heterocycles. The van der Waals surface area contributed by atoms with E-state index in [2.05, 4.69) is 4.98 Å². The van der Waals surface area contributed by atoms with E-state index < -0.39 is 6.43 Å². The third-order valence-corrected chi connectivity index (χ3v) is 2.51. The van der Waals surface area contributed by atoms with Gasteiger partial charge in [-0.25, -0.2) is 8.78 Å². The van der Waals surface area contributed by atoms with Crippen LogP contribution < -0.4 is 5.73 Å². The van der Waals surface area contributed by atoms with Crippen LogP contribution in [0.3, 0.4) is 0 Å². The lowest BCUT2D eigenvalue weighted by Crippen LogP contribution is -2.06. The molecule has 0 aliphatic carbocycles. The first-order valence-corrected chi connectivity index (χ1v) is 5.22. The summed E-state index contributed by atoms with van der Waals surface area (Å²) in [6, 6.07) is 6.74. The second kappa shape index (κ2) is 4.91. The molecule has 0 fully saturated rings. The molecule has 18 heavy (non-hydrogen) atoms. The van der Waals surface area contributed by atoms with Crippen molar-refractivity contribution in [1.29, 1.82) is 0 Å². The topological polar surface area (TPSA) is 56.0 Å². The zero-order valence-electron chi connectivity index (χ0n) is 9.31. The lowest BCUT2D eigenvalue weighted by Gasteiger charge is -2.07. The Balaban J connectivity index is 2.38. The number of hydrogen-bond acceptors (Lipinski definition) is 3. The maximum atomic E-state index is 12.5. The minimum absolute atomic E-state index is 0.0506. The van der Waals surface area contributed by atoms with E-state index in [0.29, 0.717) is 5.56 Å². The summed E-state index contributed by atoms with van der Waals surface area (Å²) in [5.74, 6) is -0.310. The molecule has 0 aliphatic heterocycles. The molecule has 3 nitrogen and oxygen atoms in total. The summed E-state index contributed by atoms with van der Waals surface area (Å²) in [6.07, 6.45) is 0.367. The number of carbonyl (C=O) groups excluding carboxylic acids is 1. The highest BCUT2D eigenvalue weighted by molar-refractivity contribution is 6.12. The summed E-state index contributed by atoms with van der Waals surface area (Å²) in [5.41, 5.74) is 6.11. The van der Waals surface area contributed by atoms with Gasteiger partial charge in [0.2, 0.25) is 0 Å². The van der Waals surface area contributed by atoms with Gasteiger partial charge in [0.25, 0.3) is 6.43 Å². The Hall–Kier alpha value is -2.30. The minimum Gasteiger partial charge on any atom is -0.398 e. The van der Waals surface area contributed by atoms with Crippen LogP contribution in [0.1, 0.15) is 27.9 Å². The first-order chi connectivity index (χ1) is 8.59. The van der Waals surface area contributed by atoms with E-state index in [4.69, 9.17) is 5.73 Å². The summed E-state index contributed by atoms with van der Waals surface area (Å²) in [7, 11) is 0. The maximum absolute atomic E-state index is 12.5. The number of hydrogen-bond donors (Lipinski definition) is 1. The fraction of sp³-hybridized carbons (Fsp3) is 0.0769. The van der Waals surface area contributed by atoms with E-state index in [1.165, 1.54) is 24.5 Å². The van der Waals surface area contributed by atoms with E-state index in [9.17, 15) is 13.6 Å². The average molecular weight is 248 g/mol. The first kappa shape index (κ1) is 12.2. The standard InChI is InChI=1S/C13H10F2N2O/c14-13(15)9-1-2-10(11(16)7-9)12(18)8-3-5-17-6-4-8/h1-7,13H,16H2. The van der Waals surface area contributed by atoms with E-state index in [0.717, 1.165) is 6.07 Å². The lowest BCUT2D eigenvalue weighted by molar-refractivity contribution is 0.103. The molecular formula is C13H10F2N2O. The molecule has 0 unspecified atom stereocenters. The number of carbonyl (C=O) groups is 1. The molecule has 0 bridgehead atoms. The molecule has 0 amide bonds. The summed E-state index contributed by atoms with van der Waals surface area (Å²) < 4.78 is 24.9. The molecule has 0 atom stereocenters. The maximum Gasteiger partial charge on any atom is 0.263 e. The highest BCUT2D eigenvalue weighted by Gasteiger charge is 2.15. The first-order valence-electron chi connectivity index (χ1n) is 5.22. The summed E-state index contributed by atoms with van der Waals surface area (Å²) in [4.78, 5) is 15.9. The Labute approximate surface area is 102 Å². The Morgan fingerprint density at radius 1 is 1.17 bits per heavy atom.